The molecule has 0 saturated heterocycles. The molecule has 0 aliphatic heterocycles. The Hall–Kier alpha value is -2.18. The van der Waals surface area contributed by atoms with Crippen LogP contribution >= 0.6 is 11.6 Å². The lowest BCUT2D eigenvalue weighted by molar-refractivity contribution is -0.00226. The summed E-state index contributed by atoms with van der Waals surface area (Å²) in [6, 6.07) is 7.15. The lowest BCUT2D eigenvalue weighted by Crippen LogP contribution is -2.36. The normalized spacial score (nSPS) is 14.0. The molecule has 0 radical (unpaired) electrons. The molecule has 7 heteroatoms. The summed E-state index contributed by atoms with van der Waals surface area (Å²) in [6.45, 7) is 0.640. The standard InChI is InChI=1S/C14H14ClN5O/c15-13-3-1-12(2-4-13)14(21,7-19-6-5-16-10-19)8-20-11-17-9-18-20/h1-6,9-11,21H,7-8H2. The largest absolute Gasteiger partial charge is 0.381 e. The Bertz CT molecular complexity index is 642. The van der Waals surface area contributed by atoms with Gasteiger partial charge in [0.15, 0.2) is 0 Å². The van der Waals surface area contributed by atoms with Gasteiger partial charge in [-0.3, -0.25) is 0 Å². The van der Waals surface area contributed by atoms with Crippen LogP contribution in [0.4, 0.5) is 0 Å². The Labute approximate surface area is 126 Å². The van der Waals surface area contributed by atoms with Crippen LogP contribution < -0.4 is 0 Å². The molecule has 1 aromatic carbocycles. The predicted octanol–water partition coefficient (Wildman–Crippen LogP) is 1.72. The van der Waals surface area contributed by atoms with Crippen molar-refractivity contribution >= 4 is 11.6 Å². The van der Waals surface area contributed by atoms with Gasteiger partial charge in [0, 0.05) is 17.4 Å². The maximum Gasteiger partial charge on any atom is 0.137 e. The Morgan fingerprint density at radius 3 is 2.52 bits per heavy atom. The van der Waals surface area contributed by atoms with E-state index in [-0.39, 0.29) is 6.54 Å². The molecule has 2 aromatic heterocycles. The average Bonchev–Trinajstić information content (AvgIpc) is 3.13. The Kier molecular flexibility index (Phi) is 3.72. The Balaban J connectivity index is 1.94. The molecule has 3 aromatic rings. The molecule has 2 heterocycles. The highest BCUT2D eigenvalue weighted by molar-refractivity contribution is 6.30. The summed E-state index contributed by atoms with van der Waals surface area (Å²) >= 11 is 5.92. The second kappa shape index (κ2) is 5.67. The molecule has 0 amide bonds. The minimum absolute atomic E-state index is 0.285. The lowest BCUT2D eigenvalue weighted by Gasteiger charge is -2.29. The molecule has 1 unspecified atom stereocenters. The van der Waals surface area contributed by atoms with E-state index >= 15 is 0 Å². The molecule has 1 N–H and O–H groups in total. The van der Waals surface area contributed by atoms with Crippen LogP contribution in [0, 0.1) is 0 Å². The summed E-state index contributed by atoms with van der Waals surface area (Å²) in [7, 11) is 0. The van der Waals surface area contributed by atoms with Gasteiger partial charge in [-0.15, -0.1) is 0 Å². The van der Waals surface area contributed by atoms with Crippen LogP contribution in [0.5, 0.6) is 0 Å². The smallest absolute Gasteiger partial charge is 0.137 e. The maximum absolute atomic E-state index is 11.1. The Morgan fingerprint density at radius 2 is 1.90 bits per heavy atom. The monoisotopic (exact) mass is 303 g/mol. The van der Waals surface area contributed by atoms with Gasteiger partial charge in [-0.1, -0.05) is 23.7 Å². The van der Waals surface area contributed by atoms with Crippen LogP contribution in [0.15, 0.2) is 55.6 Å². The van der Waals surface area contributed by atoms with Gasteiger partial charge in [0.1, 0.15) is 18.3 Å². The molecule has 0 fully saturated rings. The first-order valence-electron chi connectivity index (χ1n) is 6.42. The number of halogens is 1. The lowest BCUT2D eigenvalue weighted by atomic mass is 9.93. The van der Waals surface area contributed by atoms with E-state index in [1.165, 1.54) is 6.33 Å². The molecule has 1 atom stereocenters. The highest BCUT2D eigenvalue weighted by atomic mass is 35.5. The first-order valence-corrected chi connectivity index (χ1v) is 6.80. The molecule has 0 aliphatic rings. The Morgan fingerprint density at radius 1 is 1.10 bits per heavy atom. The highest BCUT2D eigenvalue weighted by Gasteiger charge is 2.31. The number of benzene rings is 1. The third-order valence-corrected chi connectivity index (χ3v) is 3.53. The van der Waals surface area contributed by atoms with Crippen molar-refractivity contribution < 1.29 is 5.11 Å². The zero-order valence-electron chi connectivity index (χ0n) is 11.2. The molecule has 108 valence electrons. The SMILES string of the molecule is OC(Cn1ccnc1)(Cn1cncn1)c1ccc(Cl)cc1. The predicted molar refractivity (Wildman–Crippen MR) is 77.6 cm³/mol. The first kappa shape index (κ1) is 13.8. The van der Waals surface area contributed by atoms with Crippen molar-refractivity contribution in [3.8, 4) is 0 Å². The summed E-state index contributed by atoms with van der Waals surface area (Å²) in [4.78, 5) is 7.92. The summed E-state index contributed by atoms with van der Waals surface area (Å²) in [6.07, 6.45) is 8.18. The van der Waals surface area contributed by atoms with Gasteiger partial charge < -0.3 is 9.67 Å². The number of rotatable bonds is 5. The first-order chi connectivity index (χ1) is 10.2. The summed E-state index contributed by atoms with van der Waals surface area (Å²) in [5, 5.41) is 15.8. The number of nitrogens with zero attached hydrogens (tertiary/aromatic N) is 5. The van der Waals surface area contributed by atoms with Crippen molar-refractivity contribution in [2.24, 2.45) is 0 Å². The second-order valence-electron chi connectivity index (χ2n) is 4.87. The van der Waals surface area contributed by atoms with Gasteiger partial charge in [0.25, 0.3) is 0 Å². The van der Waals surface area contributed by atoms with Crippen molar-refractivity contribution in [3.63, 3.8) is 0 Å². The summed E-state index contributed by atoms with van der Waals surface area (Å²) in [5.74, 6) is 0. The molecular formula is C14H14ClN5O. The van der Waals surface area contributed by atoms with E-state index in [0.29, 0.717) is 11.6 Å². The molecule has 3 rings (SSSR count). The van der Waals surface area contributed by atoms with Crippen LogP contribution in [-0.4, -0.2) is 29.4 Å². The molecule has 0 aliphatic carbocycles. The van der Waals surface area contributed by atoms with Crippen molar-refractivity contribution in [2.75, 3.05) is 0 Å². The van der Waals surface area contributed by atoms with E-state index in [9.17, 15) is 5.11 Å². The molecule has 21 heavy (non-hydrogen) atoms. The summed E-state index contributed by atoms with van der Waals surface area (Å²) < 4.78 is 3.43. The van der Waals surface area contributed by atoms with E-state index in [2.05, 4.69) is 15.1 Å². The van der Waals surface area contributed by atoms with Gasteiger partial charge in [0.2, 0.25) is 0 Å². The third-order valence-electron chi connectivity index (χ3n) is 3.28. The maximum atomic E-state index is 11.1. The van der Waals surface area contributed by atoms with Crippen LogP contribution in [0.1, 0.15) is 5.56 Å². The number of imidazole rings is 1. The van der Waals surface area contributed by atoms with Gasteiger partial charge >= 0.3 is 0 Å². The van der Waals surface area contributed by atoms with E-state index < -0.39 is 5.60 Å². The van der Waals surface area contributed by atoms with Gasteiger partial charge in [-0.05, 0) is 17.7 Å². The molecule has 0 saturated carbocycles. The zero-order valence-corrected chi connectivity index (χ0v) is 11.9. The number of hydrogen-bond acceptors (Lipinski definition) is 4. The van der Waals surface area contributed by atoms with Crippen molar-refractivity contribution in [1.82, 2.24) is 24.3 Å². The average molecular weight is 304 g/mol. The minimum atomic E-state index is -1.14. The minimum Gasteiger partial charge on any atom is -0.381 e. The van der Waals surface area contributed by atoms with E-state index in [4.69, 9.17) is 11.6 Å². The van der Waals surface area contributed by atoms with Crippen molar-refractivity contribution in [2.45, 2.75) is 18.7 Å². The van der Waals surface area contributed by atoms with E-state index in [1.807, 2.05) is 22.9 Å². The molecule has 0 bridgehead atoms. The fraction of sp³-hybridized carbons (Fsp3) is 0.214. The molecule has 0 spiro atoms. The third kappa shape index (κ3) is 3.12. The van der Waals surface area contributed by atoms with E-state index in [0.717, 1.165) is 5.56 Å². The van der Waals surface area contributed by atoms with Gasteiger partial charge in [-0.2, -0.15) is 5.10 Å². The zero-order chi connectivity index (χ0) is 14.7. The number of hydrogen-bond donors (Lipinski definition) is 1. The fourth-order valence-electron chi connectivity index (χ4n) is 2.26. The highest BCUT2D eigenvalue weighted by Crippen LogP contribution is 2.26. The van der Waals surface area contributed by atoms with Crippen molar-refractivity contribution in [3.05, 3.63) is 66.2 Å². The quantitative estimate of drug-likeness (QED) is 0.779. The van der Waals surface area contributed by atoms with Crippen LogP contribution in [-0.2, 0) is 18.7 Å². The van der Waals surface area contributed by atoms with Crippen molar-refractivity contribution in [1.29, 1.82) is 0 Å². The molecular weight excluding hydrogens is 290 g/mol. The fourth-order valence-corrected chi connectivity index (χ4v) is 2.38. The summed E-state index contributed by atoms with van der Waals surface area (Å²) in [5.41, 5.74) is -0.380. The van der Waals surface area contributed by atoms with Gasteiger partial charge in [-0.25, -0.2) is 14.6 Å². The van der Waals surface area contributed by atoms with Gasteiger partial charge in [0.05, 0.1) is 19.4 Å². The number of aromatic nitrogens is 5. The second-order valence-corrected chi connectivity index (χ2v) is 5.30. The topological polar surface area (TPSA) is 68.8 Å². The van der Waals surface area contributed by atoms with Crippen LogP contribution in [0.25, 0.3) is 0 Å². The van der Waals surface area contributed by atoms with Crippen LogP contribution in [0.2, 0.25) is 5.02 Å². The number of aliphatic hydroxyl groups is 1. The molecule has 6 nitrogen and oxygen atoms in total. The van der Waals surface area contributed by atoms with Crippen LogP contribution in [0.3, 0.4) is 0 Å². The van der Waals surface area contributed by atoms with E-state index in [1.54, 1.807) is 35.7 Å².